The van der Waals surface area contributed by atoms with Crippen molar-refractivity contribution in [3.05, 3.63) is 41.3 Å². The van der Waals surface area contributed by atoms with Crippen molar-refractivity contribution in [3.63, 3.8) is 0 Å². The average molecular weight is 545 g/mol. The van der Waals surface area contributed by atoms with Gasteiger partial charge in [-0.1, -0.05) is 13.8 Å². The van der Waals surface area contributed by atoms with Crippen molar-refractivity contribution in [2.75, 3.05) is 31.6 Å². The van der Waals surface area contributed by atoms with Crippen molar-refractivity contribution < 1.29 is 4.79 Å². The molecule has 4 aromatic heterocycles. The van der Waals surface area contributed by atoms with Crippen LogP contribution in [0.1, 0.15) is 71.1 Å². The number of hydrogen-bond donors (Lipinski definition) is 1. The maximum Gasteiger partial charge on any atom is 0.237 e. The van der Waals surface area contributed by atoms with E-state index in [9.17, 15) is 4.79 Å². The Balaban J connectivity index is 1.48. The molecule has 5 heterocycles. The zero-order chi connectivity index (χ0) is 29.1. The summed E-state index contributed by atoms with van der Waals surface area (Å²) < 4.78 is 1.86. The second-order valence-electron chi connectivity index (χ2n) is 12.9. The van der Waals surface area contributed by atoms with Crippen LogP contribution in [0.15, 0.2) is 24.7 Å². The van der Waals surface area contributed by atoms with Crippen LogP contribution < -0.4 is 4.90 Å². The second-order valence-corrected chi connectivity index (χ2v) is 12.9. The number of piperazine rings is 1. The van der Waals surface area contributed by atoms with Gasteiger partial charge in [0.05, 0.1) is 23.3 Å². The molecule has 0 aliphatic carbocycles. The number of nitrogens with zero attached hydrogens (tertiary/aromatic N) is 7. The van der Waals surface area contributed by atoms with Crippen molar-refractivity contribution in [3.8, 4) is 11.3 Å². The molecular formula is C31H44N8O. The molecule has 0 aromatic carbocycles. The third-order valence-electron chi connectivity index (χ3n) is 8.76. The first-order valence-corrected chi connectivity index (χ1v) is 14.4. The van der Waals surface area contributed by atoms with Gasteiger partial charge in [-0.15, -0.1) is 0 Å². The molecule has 2 atom stereocenters. The molecule has 40 heavy (non-hydrogen) atoms. The molecule has 9 heteroatoms. The van der Waals surface area contributed by atoms with Crippen LogP contribution in [0.25, 0.3) is 27.9 Å². The lowest BCUT2D eigenvalue weighted by Crippen LogP contribution is -2.60. The van der Waals surface area contributed by atoms with Gasteiger partial charge in [0.15, 0.2) is 5.65 Å². The molecule has 1 N–H and O–H groups in total. The van der Waals surface area contributed by atoms with Crippen molar-refractivity contribution in [1.29, 1.82) is 0 Å². The molecule has 4 aromatic rings. The summed E-state index contributed by atoms with van der Waals surface area (Å²) in [4.78, 5) is 33.1. The van der Waals surface area contributed by atoms with Gasteiger partial charge in [-0.2, -0.15) is 5.10 Å². The molecule has 0 spiro atoms. The van der Waals surface area contributed by atoms with Crippen LogP contribution in [-0.2, 0) is 4.79 Å². The Hall–Kier alpha value is -3.46. The number of anilines is 1. The fraction of sp³-hybridized carbons (Fsp3) is 0.548. The number of hydrogen-bond acceptors (Lipinski definition) is 6. The number of aromatic nitrogens is 5. The van der Waals surface area contributed by atoms with Gasteiger partial charge in [-0.05, 0) is 84.7 Å². The number of amides is 1. The summed E-state index contributed by atoms with van der Waals surface area (Å²) in [6, 6.07) is 4.52. The van der Waals surface area contributed by atoms with Crippen LogP contribution in [0.3, 0.4) is 0 Å². The van der Waals surface area contributed by atoms with Gasteiger partial charge in [0, 0.05) is 48.0 Å². The zero-order valence-electron chi connectivity index (χ0n) is 25.7. The first-order chi connectivity index (χ1) is 18.8. The van der Waals surface area contributed by atoms with Crippen LogP contribution in [0.2, 0.25) is 0 Å². The van der Waals surface area contributed by atoms with Crippen molar-refractivity contribution in [2.24, 2.45) is 0 Å². The standard InChI is InChI=1S/C31H44N8O/c1-18(2)27-28(23-15-39-30(32-17-33-39)22(6)21(23)5)34-24-11-12-25(35-29(24)27)37-13-20(4)38(14-19(37)3)26(40)16-36(10)31(7,8)9/h11-12,15,17-20,34H,13-14,16H2,1-10H3/t19-,20+/m0/s1. The third kappa shape index (κ3) is 4.85. The fourth-order valence-electron chi connectivity index (χ4n) is 5.79. The van der Waals surface area contributed by atoms with Gasteiger partial charge in [0.2, 0.25) is 5.91 Å². The molecule has 5 rings (SSSR count). The Bertz CT molecular complexity index is 1560. The van der Waals surface area contributed by atoms with Gasteiger partial charge in [0.1, 0.15) is 12.1 Å². The number of rotatable bonds is 5. The van der Waals surface area contributed by atoms with Crippen molar-refractivity contribution >= 4 is 28.4 Å². The molecule has 0 bridgehead atoms. The van der Waals surface area contributed by atoms with E-state index in [1.54, 1.807) is 6.33 Å². The van der Waals surface area contributed by atoms with E-state index < -0.39 is 0 Å². The lowest BCUT2D eigenvalue weighted by molar-refractivity contribution is -0.136. The predicted octanol–water partition coefficient (Wildman–Crippen LogP) is 5.17. The molecule has 1 amide bonds. The van der Waals surface area contributed by atoms with Gasteiger partial charge in [-0.25, -0.2) is 14.5 Å². The molecule has 0 unspecified atom stereocenters. The van der Waals surface area contributed by atoms with Gasteiger partial charge >= 0.3 is 0 Å². The SMILES string of the molecule is Cc1c(-c2[nH]c3ccc(N4C[C@@H](C)N(C(=O)CN(C)C(C)(C)C)C[C@@H]4C)nc3c2C(C)C)cn2ncnc2c1C. The number of pyridine rings is 2. The summed E-state index contributed by atoms with van der Waals surface area (Å²) in [6.07, 6.45) is 3.67. The first-order valence-electron chi connectivity index (χ1n) is 14.4. The van der Waals surface area contributed by atoms with E-state index in [-0.39, 0.29) is 29.4 Å². The molecule has 1 saturated heterocycles. The molecule has 1 fully saturated rings. The van der Waals surface area contributed by atoms with Crippen LogP contribution in [0.5, 0.6) is 0 Å². The maximum atomic E-state index is 13.2. The van der Waals surface area contributed by atoms with Gasteiger partial charge < -0.3 is 14.8 Å². The molecule has 0 radical (unpaired) electrons. The highest BCUT2D eigenvalue weighted by molar-refractivity contribution is 5.90. The molecule has 0 saturated carbocycles. The largest absolute Gasteiger partial charge is 0.353 e. The maximum absolute atomic E-state index is 13.2. The third-order valence-corrected chi connectivity index (χ3v) is 8.76. The number of H-pyrrole nitrogens is 1. The number of carbonyl (C=O) groups is 1. The number of fused-ring (bicyclic) bond motifs is 2. The summed E-state index contributed by atoms with van der Waals surface area (Å²) in [5, 5.41) is 4.41. The highest BCUT2D eigenvalue weighted by Crippen LogP contribution is 2.38. The van der Waals surface area contributed by atoms with E-state index in [1.807, 2.05) is 16.5 Å². The molecule has 1 aliphatic rings. The summed E-state index contributed by atoms with van der Waals surface area (Å²) in [7, 11) is 2.02. The van der Waals surface area contributed by atoms with E-state index in [1.165, 1.54) is 11.1 Å². The molecular weight excluding hydrogens is 500 g/mol. The second kappa shape index (κ2) is 10.2. The Kier molecular flexibility index (Phi) is 7.15. The predicted molar refractivity (Wildman–Crippen MR) is 162 cm³/mol. The highest BCUT2D eigenvalue weighted by atomic mass is 16.2. The Morgan fingerprint density at radius 2 is 1.85 bits per heavy atom. The molecule has 214 valence electrons. The first kappa shape index (κ1) is 28.1. The van der Waals surface area contributed by atoms with E-state index in [0.717, 1.165) is 45.9 Å². The highest BCUT2D eigenvalue weighted by Gasteiger charge is 2.34. The minimum absolute atomic E-state index is 0.0481. The Morgan fingerprint density at radius 1 is 1.12 bits per heavy atom. The lowest BCUT2D eigenvalue weighted by atomic mass is 9.95. The van der Waals surface area contributed by atoms with Gasteiger partial charge in [0.25, 0.3) is 0 Å². The van der Waals surface area contributed by atoms with E-state index in [4.69, 9.17) is 4.98 Å². The van der Waals surface area contributed by atoms with Crippen LogP contribution in [-0.4, -0.2) is 84.6 Å². The van der Waals surface area contributed by atoms with Crippen molar-refractivity contribution in [1.82, 2.24) is 34.4 Å². The smallest absolute Gasteiger partial charge is 0.237 e. The van der Waals surface area contributed by atoms with Crippen LogP contribution in [0, 0.1) is 13.8 Å². The Labute approximate surface area is 237 Å². The number of aromatic amines is 1. The minimum Gasteiger partial charge on any atom is -0.353 e. The van der Waals surface area contributed by atoms with Gasteiger partial charge in [-0.3, -0.25) is 9.69 Å². The minimum atomic E-state index is -0.0481. The van der Waals surface area contributed by atoms with Crippen molar-refractivity contribution in [2.45, 2.75) is 85.9 Å². The quantitative estimate of drug-likeness (QED) is 0.373. The average Bonchev–Trinajstić information content (AvgIpc) is 3.50. The number of nitrogens with one attached hydrogen (secondary N) is 1. The number of aryl methyl sites for hydroxylation is 1. The number of carbonyl (C=O) groups excluding carboxylic acids is 1. The number of likely N-dealkylation sites (N-methyl/N-ethyl adjacent to an activating group) is 1. The topological polar surface area (TPSA) is 85.7 Å². The molecule has 1 aliphatic heterocycles. The fourth-order valence-corrected chi connectivity index (χ4v) is 5.79. The zero-order valence-corrected chi connectivity index (χ0v) is 25.7. The monoisotopic (exact) mass is 544 g/mol. The Morgan fingerprint density at radius 3 is 2.52 bits per heavy atom. The van der Waals surface area contributed by atoms with Crippen LogP contribution >= 0.6 is 0 Å². The normalized spacial score (nSPS) is 18.6. The summed E-state index contributed by atoms with van der Waals surface area (Å²) >= 11 is 0. The summed E-state index contributed by atoms with van der Waals surface area (Å²) in [6.45, 7) is 21.3. The molecule has 9 nitrogen and oxygen atoms in total. The lowest BCUT2D eigenvalue weighted by Gasteiger charge is -2.45. The van der Waals surface area contributed by atoms with E-state index in [2.05, 4.69) is 106 Å². The van der Waals surface area contributed by atoms with Crippen LogP contribution in [0.4, 0.5) is 5.82 Å². The van der Waals surface area contributed by atoms with E-state index in [0.29, 0.717) is 13.1 Å². The summed E-state index contributed by atoms with van der Waals surface area (Å²) in [5.41, 5.74) is 8.60. The summed E-state index contributed by atoms with van der Waals surface area (Å²) in [5.74, 6) is 1.41. The van der Waals surface area contributed by atoms with E-state index >= 15 is 0 Å².